The molecule has 0 spiro atoms. The zero-order chi connectivity index (χ0) is 10.7. The van der Waals surface area contributed by atoms with Gasteiger partial charge >= 0.3 is 5.97 Å². The van der Waals surface area contributed by atoms with E-state index in [-0.39, 0.29) is 5.97 Å². The van der Waals surface area contributed by atoms with E-state index in [1.165, 1.54) is 7.11 Å². The Labute approximate surface area is 100 Å². The third-order valence-electron chi connectivity index (χ3n) is 1.59. The van der Waals surface area contributed by atoms with E-state index in [2.05, 4.69) is 20.7 Å². The highest BCUT2D eigenvalue weighted by atomic mass is 79.9. The number of hydrogen-bond donors (Lipinski definition) is 0. The zero-order valence-electron chi connectivity index (χ0n) is 7.26. The van der Waals surface area contributed by atoms with Gasteiger partial charge in [0.2, 0.25) is 0 Å². The lowest BCUT2D eigenvalue weighted by molar-refractivity contribution is -0.139. The van der Waals surface area contributed by atoms with Gasteiger partial charge in [0.15, 0.2) is 0 Å². The summed E-state index contributed by atoms with van der Waals surface area (Å²) >= 11 is 14.8. The Morgan fingerprint density at radius 1 is 1.36 bits per heavy atom. The van der Waals surface area contributed by atoms with Crippen LogP contribution in [0.1, 0.15) is 10.4 Å². The molecule has 0 aliphatic rings. The van der Waals surface area contributed by atoms with E-state index in [1.807, 2.05) is 0 Å². The van der Waals surface area contributed by atoms with Gasteiger partial charge in [0.1, 0.15) is 4.83 Å². The number of ether oxygens (including phenoxy) is 1. The first-order valence-corrected chi connectivity index (χ1v) is 5.39. The van der Waals surface area contributed by atoms with Crippen LogP contribution < -0.4 is 0 Å². The van der Waals surface area contributed by atoms with Gasteiger partial charge in [0.25, 0.3) is 0 Å². The second-order valence-electron chi connectivity index (χ2n) is 2.59. The van der Waals surface area contributed by atoms with Crippen LogP contribution in [0.4, 0.5) is 0 Å². The summed E-state index contributed by atoms with van der Waals surface area (Å²) in [4.78, 5) is 10.6. The molecule has 0 aliphatic heterocycles. The number of halogens is 3. The summed E-state index contributed by atoms with van der Waals surface area (Å²) in [5, 5.41) is 0.974. The predicted octanol–water partition coefficient (Wildman–Crippen LogP) is 3.60. The molecule has 2 nitrogen and oxygen atoms in total. The van der Waals surface area contributed by atoms with Gasteiger partial charge in [-0.1, -0.05) is 39.1 Å². The van der Waals surface area contributed by atoms with Crippen LogP contribution in [0, 0.1) is 0 Å². The quantitative estimate of drug-likeness (QED) is 0.616. The first-order chi connectivity index (χ1) is 6.54. The predicted molar refractivity (Wildman–Crippen MR) is 60.1 cm³/mol. The van der Waals surface area contributed by atoms with Crippen LogP contribution in [0.25, 0.3) is 0 Å². The molecule has 0 unspecified atom stereocenters. The van der Waals surface area contributed by atoms with Crippen molar-refractivity contribution in [2.24, 2.45) is 0 Å². The first-order valence-electron chi connectivity index (χ1n) is 3.72. The molecule has 0 bridgehead atoms. The van der Waals surface area contributed by atoms with Crippen LogP contribution in [0.15, 0.2) is 18.2 Å². The Morgan fingerprint density at radius 3 is 2.29 bits per heavy atom. The van der Waals surface area contributed by atoms with E-state index >= 15 is 0 Å². The van der Waals surface area contributed by atoms with Crippen molar-refractivity contribution in [3.63, 3.8) is 0 Å². The minimum absolute atomic E-state index is 0.386. The van der Waals surface area contributed by atoms with Gasteiger partial charge < -0.3 is 4.74 Å². The van der Waals surface area contributed by atoms with Crippen molar-refractivity contribution in [2.75, 3.05) is 7.11 Å². The van der Waals surface area contributed by atoms with Crippen molar-refractivity contribution in [1.29, 1.82) is 0 Å². The molecule has 0 saturated carbocycles. The molecule has 0 aliphatic carbocycles. The maximum Gasteiger partial charge on any atom is 0.323 e. The Bertz CT molecular complexity index is 334. The minimum Gasteiger partial charge on any atom is -0.468 e. The van der Waals surface area contributed by atoms with E-state index in [9.17, 15) is 4.79 Å². The van der Waals surface area contributed by atoms with Gasteiger partial charge in [-0.2, -0.15) is 0 Å². The highest BCUT2D eigenvalue weighted by Crippen LogP contribution is 2.29. The molecule has 0 amide bonds. The molecule has 14 heavy (non-hydrogen) atoms. The molecule has 1 rings (SSSR count). The van der Waals surface area contributed by atoms with E-state index in [4.69, 9.17) is 23.2 Å². The molecule has 0 N–H and O–H groups in total. The standard InChI is InChI=1S/C9H7BrCl2O2/c1-14-9(13)8(10)5-2-6(11)4-7(12)3-5/h2-4,8H,1H3/t8-/m0/s1. The van der Waals surface area contributed by atoms with Crippen LogP contribution >= 0.6 is 39.1 Å². The van der Waals surface area contributed by atoms with Crippen LogP contribution in [0.3, 0.4) is 0 Å². The van der Waals surface area contributed by atoms with E-state index < -0.39 is 4.83 Å². The van der Waals surface area contributed by atoms with Crippen LogP contribution in [0.2, 0.25) is 10.0 Å². The molecule has 1 aromatic carbocycles. The summed E-state index contributed by atoms with van der Waals surface area (Å²) in [5.41, 5.74) is 0.675. The van der Waals surface area contributed by atoms with Gasteiger partial charge in [-0.25, -0.2) is 0 Å². The Hall–Kier alpha value is -0.250. The molecule has 0 saturated heterocycles. The molecular formula is C9H7BrCl2O2. The summed E-state index contributed by atoms with van der Waals surface area (Å²) in [6.07, 6.45) is 0. The van der Waals surface area contributed by atoms with Crippen LogP contribution in [-0.4, -0.2) is 13.1 Å². The summed E-state index contributed by atoms with van der Waals surface area (Å²) < 4.78 is 4.57. The lowest BCUT2D eigenvalue weighted by atomic mass is 10.1. The molecular weight excluding hydrogens is 291 g/mol. The highest BCUT2D eigenvalue weighted by molar-refractivity contribution is 9.09. The molecule has 1 aromatic rings. The fraction of sp³-hybridized carbons (Fsp3) is 0.222. The third kappa shape index (κ3) is 2.87. The Kier molecular flexibility index (Phi) is 4.23. The van der Waals surface area contributed by atoms with Crippen molar-refractivity contribution >= 4 is 45.1 Å². The number of carbonyl (C=O) groups excluding carboxylic acids is 1. The first kappa shape index (κ1) is 11.8. The molecule has 5 heteroatoms. The van der Waals surface area contributed by atoms with Crippen molar-refractivity contribution < 1.29 is 9.53 Å². The minimum atomic E-state index is -0.538. The van der Waals surface area contributed by atoms with Gasteiger partial charge in [-0.3, -0.25) is 4.79 Å². The van der Waals surface area contributed by atoms with E-state index in [1.54, 1.807) is 18.2 Å². The number of rotatable bonds is 2. The van der Waals surface area contributed by atoms with E-state index in [0.29, 0.717) is 15.6 Å². The summed E-state index contributed by atoms with van der Waals surface area (Å²) in [7, 11) is 1.32. The summed E-state index contributed by atoms with van der Waals surface area (Å²) in [6.45, 7) is 0. The molecule has 0 fully saturated rings. The van der Waals surface area contributed by atoms with Gasteiger partial charge in [-0.15, -0.1) is 0 Å². The molecule has 0 aromatic heterocycles. The smallest absolute Gasteiger partial charge is 0.323 e. The molecule has 76 valence electrons. The maximum absolute atomic E-state index is 11.2. The third-order valence-corrected chi connectivity index (χ3v) is 2.92. The molecule has 0 radical (unpaired) electrons. The van der Waals surface area contributed by atoms with Crippen LogP contribution in [-0.2, 0) is 9.53 Å². The van der Waals surface area contributed by atoms with Gasteiger partial charge in [0, 0.05) is 10.0 Å². The Morgan fingerprint density at radius 2 is 1.86 bits per heavy atom. The SMILES string of the molecule is COC(=O)[C@@H](Br)c1cc(Cl)cc(Cl)c1. The van der Waals surface area contributed by atoms with E-state index in [0.717, 1.165) is 0 Å². The van der Waals surface area contributed by atoms with Gasteiger partial charge in [0.05, 0.1) is 7.11 Å². The summed E-state index contributed by atoms with van der Waals surface area (Å²) in [6, 6.07) is 4.91. The van der Waals surface area contributed by atoms with Crippen molar-refractivity contribution in [1.82, 2.24) is 0 Å². The fourth-order valence-corrected chi connectivity index (χ4v) is 1.96. The number of esters is 1. The average Bonchev–Trinajstić information content (AvgIpc) is 2.14. The van der Waals surface area contributed by atoms with Crippen molar-refractivity contribution in [3.8, 4) is 0 Å². The second-order valence-corrected chi connectivity index (χ2v) is 4.38. The zero-order valence-corrected chi connectivity index (χ0v) is 10.4. The number of hydrogen-bond acceptors (Lipinski definition) is 2. The number of methoxy groups -OCH3 is 1. The number of alkyl halides is 1. The topological polar surface area (TPSA) is 26.3 Å². The fourth-order valence-electron chi connectivity index (χ4n) is 0.961. The molecule has 1 atom stereocenters. The number of benzene rings is 1. The highest BCUT2D eigenvalue weighted by Gasteiger charge is 2.18. The normalized spacial score (nSPS) is 12.3. The van der Waals surface area contributed by atoms with Crippen molar-refractivity contribution in [3.05, 3.63) is 33.8 Å². The van der Waals surface area contributed by atoms with Crippen LogP contribution in [0.5, 0.6) is 0 Å². The second kappa shape index (κ2) is 5.01. The largest absolute Gasteiger partial charge is 0.468 e. The van der Waals surface area contributed by atoms with Gasteiger partial charge in [-0.05, 0) is 23.8 Å². The lowest BCUT2D eigenvalue weighted by Gasteiger charge is -2.08. The lowest BCUT2D eigenvalue weighted by Crippen LogP contribution is -2.08. The monoisotopic (exact) mass is 296 g/mol. The summed E-state index contributed by atoms with van der Waals surface area (Å²) in [5.74, 6) is -0.386. The number of carbonyl (C=O) groups is 1. The van der Waals surface area contributed by atoms with Crippen molar-refractivity contribution in [2.45, 2.75) is 4.83 Å². The average molecular weight is 298 g/mol. The maximum atomic E-state index is 11.2. The molecule has 0 heterocycles. The Balaban J connectivity index is 3.00.